The van der Waals surface area contributed by atoms with E-state index in [0.717, 1.165) is 5.39 Å². The molecule has 0 radical (unpaired) electrons. The molecule has 5 atom stereocenters. The Morgan fingerprint density at radius 3 is 2.33 bits per heavy atom. The molecule has 1 saturated heterocycles. The summed E-state index contributed by atoms with van der Waals surface area (Å²) in [5.41, 5.74) is 0.0864. The van der Waals surface area contributed by atoms with Gasteiger partial charge in [0, 0.05) is 11.6 Å². The molecular formula is C20H19F3O7. The third kappa shape index (κ3) is 4.63. The summed E-state index contributed by atoms with van der Waals surface area (Å²) < 4.78 is 49.0. The van der Waals surface area contributed by atoms with Crippen molar-refractivity contribution in [3.63, 3.8) is 0 Å². The number of alkyl halides is 3. The summed E-state index contributed by atoms with van der Waals surface area (Å²) in [6.07, 6.45) is -13.4. The van der Waals surface area contributed by atoms with E-state index in [1.165, 1.54) is 12.1 Å². The summed E-state index contributed by atoms with van der Waals surface area (Å²) in [5.74, 6) is -2.76. The van der Waals surface area contributed by atoms with Gasteiger partial charge in [-0.1, -0.05) is 36.4 Å². The molecule has 3 rings (SSSR count). The van der Waals surface area contributed by atoms with E-state index >= 15 is 0 Å². The Bertz CT molecular complexity index is 941. The van der Waals surface area contributed by atoms with Crippen LogP contribution in [0, 0.1) is 0 Å². The number of ketones is 1. The Labute approximate surface area is 168 Å². The van der Waals surface area contributed by atoms with Crippen molar-refractivity contribution in [2.45, 2.75) is 36.9 Å². The first kappa shape index (κ1) is 22.2. The number of fused-ring (bicyclic) bond motifs is 1. The molecule has 10 heteroatoms. The predicted molar refractivity (Wildman–Crippen MR) is 97.8 cm³/mol. The van der Waals surface area contributed by atoms with Crippen LogP contribution >= 0.6 is 0 Å². The van der Waals surface area contributed by atoms with Gasteiger partial charge in [-0.15, -0.1) is 0 Å². The Morgan fingerprint density at radius 2 is 1.70 bits per heavy atom. The first-order valence-corrected chi connectivity index (χ1v) is 8.91. The fraction of sp³-hybridized carbons (Fsp3) is 0.350. The minimum Gasteiger partial charge on any atom is -0.461 e. The number of halogens is 3. The summed E-state index contributed by atoms with van der Waals surface area (Å²) >= 11 is 0. The molecule has 0 bridgehead atoms. The smallest absolute Gasteiger partial charge is 0.454 e. The van der Waals surface area contributed by atoms with Gasteiger partial charge in [-0.25, -0.2) is 0 Å². The lowest BCUT2D eigenvalue weighted by atomic mass is 9.99. The molecule has 2 aromatic carbocycles. The minimum absolute atomic E-state index is 0.0864. The van der Waals surface area contributed by atoms with Crippen LogP contribution in [0.25, 0.3) is 16.5 Å². The second kappa shape index (κ2) is 8.70. The Morgan fingerprint density at radius 1 is 1.03 bits per heavy atom. The molecule has 1 aliphatic rings. The highest BCUT2D eigenvalue weighted by Gasteiger charge is 2.45. The number of aliphatic hydroxyl groups is 4. The van der Waals surface area contributed by atoms with Crippen molar-refractivity contribution in [1.82, 2.24) is 0 Å². The number of aliphatic hydroxyl groups excluding tert-OH is 4. The molecule has 4 N–H and O–H groups in total. The van der Waals surface area contributed by atoms with Crippen molar-refractivity contribution in [2.75, 3.05) is 6.61 Å². The van der Waals surface area contributed by atoms with Gasteiger partial charge >= 0.3 is 6.18 Å². The summed E-state index contributed by atoms with van der Waals surface area (Å²) in [7, 11) is 0. The van der Waals surface area contributed by atoms with Gasteiger partial charge in [-0.05, 0) is 16.8 Å². The van der Waals surface area contributed by atoms with Gasteiger partial charge < -0.3 is 29.9 Å². The standard InChI is InChI=1S/C20H19F3O7/c21-20(22,23)15(25)8-13(12-6-5-10-3-1-2-4-11(10)7-12)29-19-18(28)17(27)16(26)14(9-24)30-19/h1-8,14,16-19,24,26-28H,9H2/t14-,16+,17+,18-,19-/m1/s1. The lowest BCUT2D eigenvalue weighted by Gasteiger charge is -2.39. The Kier molecular flexibility index (Phi) is 6.44. The van der Waals surface area contributed by atoms with Crippen molar-refractivity contribution >= 4 is 22.3 Å². The third-order valence-corrected chi connectivity index (χ3v) is 4.67. The number of benzene rings is 2. The first-order valence-electron chi connectivity index (χ1n) is 8.91. The van der Waals surface area contributed by atoms with Crippen molar-refractivity contribution in [3.8, 4) is 0 Å². The van der Waals surface area contributed by atoms with Crippen LogP contribution in [0.15, 0.2) is 48.5 Å². The maximum atomic E-state index is 12.8. The van der Waals surface area contributed by atoms with Gasteiger partial charge in [0.15, 0.2) is 0 Å². The van der Waals surface area contributed by atoms with Crippen LogP contribution in [0.2, 0.25) is 0 Å². The Hall–Kier alpha value is -2.50. The molecule has 0 saturated carbocycles. The highest BCUT2D eigenvalue weighted by Crippen LogP contribution is 2.30. The SMILES string of the molecule is O=C(C=C(O[C@@H]1O[C@H](CO)[C@H](O)[C@H](O)[C@H]1O)c1ccc2ccccc2c1)C(F)(F)F. The van der Waals surface area contributed by atoms with Gasteiger partial charge in [0.2, 0.25) is 6.29 Å². The zero-order valence-electron chi connectivity index (χ0n) is 15.4. The number of rotatable bonds is 5. The Balaban J connectivity index is 1.99. The van der Waals surface area contributed by atoms with Crippen molar-refractivity contribution in [3.05, 3.63) is 54.1 Å². The molecule has 0 aromatic heterocycles. The maximum Gasteiger partial charge on any atom is 0.454 e. The van der Waals surface area contributed by atoms with Crippen LogP contribution in [0.4, 0.5) is 13.2 Å². The van der Waals surface area contributed by atoms with E-state index in [1.54, 1.807) is 30.3 Å². The van der Waals surface area contributed by atoms with E-state index in [4.69, 9.17) is 9.47 Å². The molecule has 0 amide bonds. The third-order valence-electron chi connectivity index (χ3n) is 4.67. The number of ether oxygens (including phenoxy) is 2. The molecule has 30 heavy (non-hydrogen) atoms. The van der Waals surface area contributed by atoms with Gasteiger partial charge in [0.25, 0.3) is 5.78 Å². The molecular weight excluding hydrogens is 409 g/mol. The average Bonchev–Trinajstić information content (AvgIpc) is 2.72. The van der Waals surface area contributed by atoms with Crippen molar-refractivity contribution in [2.24, 2.45) is 0 Å². The number of hydrogen-bond acceptors (Lipinski definition) is 7. The van der Waals surface area contributed by atoms with Crippen LogP contribution in [0.5, 0.6) is 0 Å². The quantitative estimate of drug-likeness (QED) is 0.417. The number of hydrogen-bond donors (Lipinski definition) is 4. The molecule has 7 nitrogen and oxygen atoms in total. The highest BCUT2D eigenvalue weighted by atomic mass is 19.4. The summed E-state index contributed by atoms with van der Waals surface area (Å²) in [6.45, 7) is -0.749. The van der Waals surface area contributed by atoms with E-state index in [0.29, 0.717) is 5.39 Å². The zero-order chi connectivity index (χ0) is 22.1. The molecule has 0 spiro atoms. The molecule has 162 valence electrons. The zero-order valence-corrected chi connectivity index (χ0v) is 15.4. The molecule has 1 fully saturated rings. The summed E-state index contributed by atoms with van der Waals surface area (Å²) in [4.78, 5) is 11.6. The maximum absolute atomic E-state index is 12.8. The topological polar surface area (TPSA) is 116 Å². The fourth-order valence-electron chi connectivity index (χ4n) is 3.02. The van der Waals surface area contributed by atoms with Crippen molar-refractivity contribution < 1.29 is 47.9 Å². The van der Waals surface area contributed by atoms with Crippen LogP contribution in [-0.2, 0) is 14.3 Å². The minimum atomic E-state index is -5.17. The van der Waals surface area contributed by atoms with Gasteiger partial charge in [-0.3, -0.25) is 4.79 Å². The monoisotopic (exact) mass is 428 g/mol. The summed E-state index contributed by atoms with van der Waals surface area (Å²) in [5, 5.41) is 40.5. The lowest BCUT2D eigenvalue weighted by Crippen LogP contribution is -2.59. The van der Waals surface area contributed by atoms with E-state index in [1.807, 2.05) is 0 Å². The van der Waals surface area contributed by atoms with Crippen LogP contribution in [0.1, 0.15) is 5.56 Å². The highest BCUT2D eigenvalue weighted by molar-refractivity contribution is 6.00. The second-order valence-corrected chi connectivity index (χ2v) is 6.75. The predicted octanol–water partition coefficient (Wildman–Crippen LogP) is 1.13. The largest absolute Gasteiger partial charge is 0.461 e. The normalized spacial score (nSPS) is 27.8. The number of carbonyl (C=O) groups excluding carboxylic acids is 1. The van der Waals surface area contributed by atoms with E-state index in [2.05, 4.69) is 0 Å². The number of carbonyl (C=O) groups is 1. The first-order chi connectivity index (χ1) is 14.1. The molecule has 1 aliphatic heterocycles. The van der Waals surface area contributed by atoms with Crippen molar-refractivity contribution in [1.29, 1.82) is 0 Å². The average molecular weight is 428 g/mol. The molecule has 0 aliphatic carbocycles. The lowest BCUT2D eigenvalue weighted by molar-refractivity contribution is -0.284. The molecule has 2 aromatic rings. The summed E-state index contributed by atoms with van der Waals surface area (Å²) in [6, 6.07) is 11.5. The fourth-order valence-corrected chi connectivity index (χ4v) is 3.02. The van der Waals surface area contributed by atoms with Crippen LogP contribution in [-0.4, -0.2) is 69.7 Å². The van der Waals surface area contributed by atoms with Gasteiger partial charge in [0.05, 0.1) is 6.61 Å². The van der Waals surface area contributed by atoms with Gasteiger partial charge in [0.1, 0.15) is 30.2 Å². The molecule has 0 unspecified atom stereocenters. The number of allylic oxidation sites excluding steroid dienone is 1. The van der Waals surface area contributed by atoms with E-state index in [-0.39, 0.29) is 11.6 Å². The van der Waals surface area contributed by atoms with E-state index < -0.39 is 55.0 Å². The molecule has 1 heterocycles. The van der Waals surface area contributed by atoms with Crippen LogP contribution < -0.4 is 0 Å². The van der Waals surface area contributed by atoms with Gasteiger partial charge in [-0.2, -0.15) is 13.2 Å². The van der Waals surface area contributed by atoms with Crippen LogP contribution in [0.3, 0.4) is 0 Å². The second-order valence-electron chi connectivity index (χ2n) is 6.75. The van der Waals surface area contributed by atoms with E-state index in [9.17, 15) is 38.4 Å².